The van der Waals surface area contributed by atoms with Crippen molar-refractivity contribution in [2.75, 3.05) is 5.32 Å². The number of benzene rings is 3. The Morgan fingerprint density at radius 1 is 0.926 bits per heavy atom. The van der Waals surface area contributed by atoms with Gasteiger partial charge in [0.1, 0.15) is 12.0 Å². The Morgan fingerprint density at radius 3 is 2.48 bits per heavy atom. The third-order valence-corrected chi connectivity index (χ3v) is 5.25. The molecule has 0 saturated carbocycles. The van der Waals surface area contributed by atoms with Crippen LogP contribution < -0.4 is 10.9 Å². The summed E-state index contributed by atoms with van der Waals surface area (Å²) < 4.78 is 1.68. The molecule has 0 aliphatic carbocycles. The molecule has 5 rings (SSSR count). The number of rotatable bonds is 1. The summed E-state index contributed by atoms with van der Waals surface area (Å²) in [6.07, 6.45) is -0.393. The van der Waals surface area contributed by atoms with Gasteiger partial charge in [-0.05, 0) is 48.0 Å². The van der Waals surface area contributed by atoms with Crippen molar-refractivity contribution in [1.29, 1.82) is 0 Å². The maximum atomic E-state index is 13.3. The van der Waals surface area contributed by atoms with Crippen molar-refractivity contribution >= 4 is 39.8 Å². The van der Waals surface area contributed by atoms with Crippen molar-refractivity contribution in [1.82, 2.24) is 9.55 Å². The third kappa shape index (κ3) is 2.60. The molecular weight excluding hydrogens is 381 g/mol. The standard InChI is InChI=1S/C21H13Cl2N3O/c22-13-7-5-12(6-8-13)19-24-18-10-9-14(23)11-16(18)20-25-17-4-2-1-3-15(17)21(27)26(19)20/h1-11,19,24H. The first-order valence-corrected chi connectivity index (χ1v) is 9.20. The van der Waals surface area contributed by atoms with E-state index < -0.39 is 6.17 Å². The molecule has 1 aromatic heterocycles. The Morgan fingerprint density at radius 2 is 1.67 bits per heavy atom. The smallest absolute Gasteiger partial charge is 0.263 e. The van der Waals surface area contributed by atoms with Crippen LogP contribution in [0.2, 0.25) is 10.0 Å². The Hall–Kier alpha value is -2.82. The van der Waals surface area contributed by atoms with Crippen molar-refractivity contribution in [2.24, 2.45) is 0 Å². The summed E-state index contributed by atoms with van der Waals surface area (Å²) >= 11 is 12.3. The van der Waals surface area contributed by atoms with E-state index in [4.69, 9.17) is 28.2 Å². The highest BCUT2D eigenvalue weighted by molar-refractivity contribution is 6.31. The Labute approximate surface area is 165 Å². The van der Waals surface area contributed by atoms with Crippen molar-refractivity contribution in [3.63, 3.8) is 0 Å². The van der Waals surface area contributed by atoms with Gasteiger partial charge in [-0.1, -0.05) is 47.5 Å². The third-order valence-electron chi connectivity index (χ3n) is 4.77. The van der Waals surface area contributed by atoms with Crippen LogP contribution in [0.1, 0.15) is 11.7 Å². The van der Waals surface area contributed by atoms with E-state index in [1.165, 1.54) is 0 Å². The average Bonchev–Trinajstić information content (AvgIpc) is 2.68. The molecule has 0 bridgehead atoms. The highest BCUT2D eigenvalue weighted by Crippen LogP contribution is 2.38. The predicted octanol–water partition coefficient (Wildman–Crippen LogP) is 5.34. The number of hydrogen-bond acceptors (Lipinski definition) is 3. The summed E-state index contributed by atoms with van der Waals surface area (Å²) in [5, 5.41) is 5.26. The minimum absolute atomic E-state index is 0.103. The Kier molecular flexibility index (Phi) is 3.71. The second-order valence-electron chi connectivity index (χ2n) is 6.42. The lowest BCUT2D eigenvalue weighted by Gasteiger charge is -2.31. The molecule has 1 unspecified atom stereocenters. The molecule has 0 radical (unpaired) electrons. The lowest BCUT2D eigenvalue weighted by Crippen LogP contribution is -2.35. The minimum atomic E-state index is -0.393. The van der Waals surface area contributed by atoms with Gasteiger partial charge in [0.15, 0.2) is 0 Å². The number of anilines is 1. The molecule has 4 nitrogen and oxygen atoms in total. The summed E-state index contributed by atoms with van der Waals surface area (Å²) in [5.74, 6) is 0.593. The summed E-state index contributed by atoms with van der Waals surface area (Å²) in [6.45, 7) is 0. The largest absolute Gasteiger partial charge is 0.360 e. The summed E-state index contributed by atoms with van der Waals surface area (Å²) in [6, 6.07) is 20.4. The van der Waals surface area contributed by atoms with Gasteiger partial charge in [0, 0.05) is 21.3 Å². The molecule has 0 fully saturated rings. The summed E-state index contributed by atoms with van der Waals surface area (Å²) in [7, 11) is 0. The zero-order valence-corrected chi connectivity index (χ0v) is 15.5. The molecule has 132 valence electrons. The summed E-state index contributed by atoms with van der Waals surface area (Å²) in [5.41, 5.74) is 3.16. The van der Waals surface area contributed by atoms with E-state index in [0.717, 1.165) is 16.8 Å². The molecule has 4 aromatic rings. The molecule has 3 aromatic carbocycles. The van der Waals surface area contributed by atoms with Crippen LogP contribution in [-0.4, -0.2) is 9.55 Å². The predicted molar refractivity (Wildman–Crippen MR) is 110 cm³/mol. The topological polar surface area (TPSA) is 46.9 Å². The van der Waals surface area contributed by atoms with Crippen LogP contribution in [0.4, 0.5) is 5.69 Å². The van der Waals surface area contributed by atoms with Crippen LogP contribution in [0.5, 0.6) is 0 Å². The molecule has 1 aliphatic rings. The number of fused-ring (bicyclic) bond motifs is 4. The van der Waals surface area contributed by atoms with Crippen LogP contribution in [0.15, 0.2) is 71.5 Å². The highest BCUT2D eigenvalue weighted by Gasteiger charge is 2.28. The van der Waals surface area contributed by atoms with Crippen molar-refractivity contribution < 1.29 is 0 Å². The van der Waals surface area contributed by atoms with Crippen LogP contribution in [-0.2, 0) is 0 Å². The van der Waals surface area contributed by atoms with Gasteiger partial charge in [-0.3, -0.25) is 9.36 Å². The van der Waals surface area contributed by atoms with Crippen molar-refractivity contribution in [2.45, 2.75) is 6.17 Å². The molecule has 1 aliphatic heterocycles. The molecule has 2 heterocycles. The van der Waals surface area contributed by atoms with Gasteiger partial charge in [-0.25, -0.2) is 4.98 Å². The molecule has 1 N–H and O–H groups in total. The van der Waals surface area contributed by atoms with Gasteiger partial charge in [-0.15, -0.1) is 0 Å². The zero-order valence-electron chi connectivity index (χ0n) is 14.0. The van der Waals surface area contributed by atoms with Gasteiger partial charge < -0.3 is 5.32 Å². The molecule has 1 atom stereocenters. The first kappa shape index (κ1) is 16.4. The van der Waals surface area contributed by atoms with Gasteiger partial charge in [-0.2, -0.15) is 0 Å². The first-order valence-electron chi connectivity index (χ1n) is 8.45. The number of nitrogens with one attached hydrogen (secondary N) is 1. The average molecular weight is 394 g/mol. The van der Waals surface area contributed by atoms with Crippen molar-refractivity contribution in [3.8, 4) is 11.4 Å². The zero-order chi connectivity index (χ0) is 18.5. The Balaban J connectivity index is 1.86. The second-order valence-corrected chi connectivity index (χ2v) is 7.29. The first-order chi connectivity index (χ1) is 13.1. The minimum Gasteiger partial charge on any atom is -0.360 e. The number of nitrogens with zero attached hydrogens (tertiary/aromatic N) is 2. The monoisotopic (exact) mass is 393 g/mol. The van der Waals surface area contributed by atoms with Gasteiger partial charge in [0.2, 0.25) is 0 Å². The Bertz CT molecular complexity index is 1250. The molecule has 0 saturated heterocycles. The summed E-state index contributed by atoms with van der Waals surface area (Å²) in [4.78, 5) is 18.1. The van der Waals surface area contributed by atoms with Crippen LogP contribution in [0.3, 0.4) is 0 Å². The highest BCUT2D eigenvalue weighted by atomic mass is 35.5. The lowest BCUT2D eigenvalue weighted by atomic mass is 10.0. The maximum absolute atomic E-state index is 13.3. The van der Waals surface area contributed by atoms with Crippen molar-refractivity contribution in [3.05, 3.63) is 92.7 Å². The van der Waals surface area contributed by atoms with Crippen LogP contribution >= 0.6 is 23.2 Å². The fourth-order valence-electron chi connectivity index (χ4n) is 3.49. The van der Waals surface area contributed by atoms with Gasteiger partial charge in [0.05, 0.1) is 10.9 Å². The van der Waals surface area contributed by atoms with Crippen LogP contribution in [0.25, 0.3) is 22.3 Å². The van der Waals surface area contributed by atoms with E-state index in [2.05, 4.69) is 5.32 Å². The molecular formula is C21H13Cl2N3O. The number of para-hydroxylation sites is 1. The lowest BCUT2D eigenvalue weighted by molar-refractivity contribution is 0.620. The fraction of sp³-hybridized carbons (Fsp3) is 0.0476. The quantitative estimate of drug-likeness (QED) is 0.474. The molecule has 0 amide bonds. The van der Waals surface area contributed by atoms with E-state index in [9.17, 15) is 4.79 Å². The fourth-order valence-corrected chi connectivity index (χ4v) is 3.79. The van der Waals surface area contributed by atoms with E-state index in [-0.39, 0.29) is 5.56 Å². The second kappa shape index (κ2) is 6.12. The van der Waals surface area contributed by atoms with E-state index in [1.54, 1.807) is 10.6 Å². The van der Waals surface area contributed by atoms with Gasteiger partial charge in [0.25, 0.3) is 5.56 Å². The van der Waals surface area contributed by atoms with Crippen LogP contribution in [0, 0.1) is 0 Å². The SMILES string of the molecule is O=c1c2ccccc2nc2n1C(c1ccc(Cl)cc1)Nc1ccc(Cl)cc1-2. The number of hydrogen-bond donors (Lipinski definition) is 1. The van der Waals surface area contributed by atoms with Gasteiger partial charge >= 0.3 is 0 Å². The number of aromatic nitrogens is 2. The molecule has 6 heteroatoms. The molecule has 27 heavy (non-hydrogen) atoms. The van der Waals surface area contributed by atoms with E-state index in [0.29, 0.717) is 26.8 Å². The normalized spacial score (nSPS) is 15.1. The van der Waals surface area contributed by atoms with E-state index >= 15 is 0 Å². The maximum Gasteiger partial charge on any atom is 0.263 e. The number of halogens is 2. The molecule has 0 spiro atoms. The van der Waals surface area contributed by atoms with E-state index in [1.807, 2.05) is 60.7 Å².